The standard InChI is InChI=1S/C28H32F2N4O4/c1-17-25(19-8-11-23(29)24(30)12-19)34(27(36)38-17)26(35)32-14-28(37)15-33(16-28)21-9-6-18(7-10-21)22-5-3-2-4-20(22)13-31/h2-5,8,11,17-19,21,25,37H,6-7,9-10,12,14-16H2,1H3,(H,32,35)/t17-,18?,19?,21?,25+/m0/s1. The van der Waals surface area contributed by atoms with Crippen LogP contribution in [-0.4, -0.2) is 70.5 Å². The minimum absolute atomic E-state index is 0.0402. The van der Waals surface area contributed by atoms with E-state index in [2.05, 4.69) is 16.3 Å². The molecule has 3 fully saturated rings. The quantitative estimate of drug-likeness (QED) is 0.594. The molecule has 8 nitrogen and oxygen atoms in total. The number of nitriles is 1. The lowest BCUT2D eigenvalue weighted by atomic mass is 9.78. The first-order chi connectivity index (χ1) is 18.2. The molecule has 3 atom stereocenters. The molecular weight excluding hydrogens is 494 g/mol. The molecular formula is C28H32F2N4O4. The van der Waals surface area contributed by atoms with Gasteiger partial charge >= 0.3 is 12.1 Å². The maximum Gasteiger partial charge on any atom is 0.418 e. The summed E-state index contributed by atoms with van der Waals surface area (Å²) in [7, 11) is 0. The molecule has 2 aliphatic carbocycles. The zero-order chi connectivity index (χ0) is 27.0. The molecule has 4 aliphatic rings. The fourth-order valence-corrected chi connectivity index (χ4v) is 6.39. The van der Waals surface area contributed by atoms with Crippen LogP contribution in [0.4, 0.5) is 18.4 Å². The van der Waals surface area contributed by atoms with Crippen LogP contribution in [0.25, 0.3) is 0 Å². The third kappa shape index (κ3) is 5.05. The Kier molecular flexibility index (Phi) is 7.25. The highest BCUT2D eigenvalue weighted by atomic mass is 19.2. The second-order valence-corrected chi connectivity index (χ2v) is 10.9. The van der Waals surface area contributed by atoms with Gasteiger partial charge in [0.05, 0.1) is 24.2 Å². The summed E-state index contributed by atoms with van der Waals surface area (Å²) in [4.78, 5) is 28.5. The highest BCUT2D eigenvalue weighted by Crippen LogP contribution is 2.39. The van der Waals surface area contributed by atoms with Crippen molar-refractivity contribution in [3.63, 3.8) is 0 Å². The van der Waals surface area contributed by atoms with E-state index < -0.39 is 47.4 Å². The fraction of sp³-hybridized carbons (Fsp3) is 0.536. The van der Waals surface area contributed by atoms with Crippen LogP contribution in [-0.2, 0) is 4.74 Å². The van der Waals surface area contributed by atoms with Gasteiger partial charge in [0.1, 0.15) is 17.5 Å². The number of halogens is 2. The van der Waals surface area contributed by atoms with Gasteiger partial charge in [-0.2, -0.15) is 5.26 Å². The van der Waals surface area contributed by atoms with Gasteiger partial charge < -0.3 is 15.2 Å². The number of nitrogens with zero attached hydrogens (tertiary/aromatic N) is 3. The van der Waals surface area contributed by atoms with Gasteiger partial charge in [-0.05, 0) is 56.2 Å². The van der Waals surface area contributed by atoms with Crippen molar-refractivity contribution < 1.29 is 28.2 Å². The lowest BCUT2D eigenvalue weighted by Gasteiger charge is -2.51. The number of urea groups is 1. The Labute approximate surface area is 220 Å². The van der Waals surface area contributed by atoms with Gasteiger partial charge in [0, 0.05) is 31.5 Å². The number of carbonyl (C=O) groups excluding carboxylic acids is 2. The summed E-state index contributed by atoms with van der Waals surface area (Å²) < 4.78 is 32.5. The molecule has 10 heteroatoms. The highest BCUT2D eigenvalue weighted by Gasteiger charge is 2.49. The van der Waals surface area contributed by atoms with Gasteiger partial charge in [0.25, 0.3) is 0 Å². The first-order valence-electron chi connectivity index (χ1n) is 13.1. The number of rotatable bonds is 5. The second-order valence-electron chi connectivity index (χ2n) is 10.9. The molecule has 2 aliphatic heterocycles. The summed E-state index contributed by atoms with van der Waals surface area (Å²) in [6.07, 6.45) is 4.54. The van der Waals surface area contributed by atoms with E-state index in [0.29, 0.717) is 25.0 Å². The van der Waals surface area contributed by atoms with Crippen LogP contribution in [0, 0.1) is 17.2 Å². The number of hydrogen-bond acceptors (Lipinski definition) is 6. The average molecular weight is 527 g/mol. The number of nitrogens with one attached hydrogen (secondary N) is 1. The van der Waals surface area contributed by atoms with Gasteiger partial charge in [0.15, 0.2) is 5.83 Å². The summed E-state index contributed by atoms with van der Waals surface area (Å²) in [5, 5.41) is 23.0. The van der Waals surface area contributed by atoms with Crippen molar-refractivity contribution in [2.45, 2.75) is 68.7 Å². The molecule has 1 aromatic rings. The molecule has 202 valence electrons. The molecule has 1 saturated carbocycles. The van der Waals surface area contributed by atoms with Crippen LogP contribution in [0.2, 0.25) is 0 Å². The zero-order valence-electron chi connectivity index (χ0n) is 21.3. The number of likely N-dealkylation sites (tertiary alicyclic amines) is 1. The Bertz CT molecular complexity index is 1200. The molecule has 38 heavy (non-hydrogen) atoms. The minimum Gasteiger partial charge on any atom is -0.444 e. The van der Waals surface area contributed by atoms with E-state index in [-0.39, 0.29) is 13.0 Å². The average Bonchev–Trinajstić information content (AvgIpc) is 3.20. The number of ether oxygens (including phenoxy) is 1. The molecule has 0 aromatic heterocycles. The molecule has 0 bridgehead atoms. The van der Waals surface area contributed by atoms with Crippen LogP contribution in [0.5, 0.6) is 0 Å². The van der Waals surface area contributed by atoms with Gasteiger partial charge in [-0.25, -0.2) is 23.3 Å². The number of carbonyl (C=O) groups is 2. The molecule has 0 spiro atoms. The smallest absolute Gasteiger partial charge is 0.418 e. The van der Waals surface area contributed by atoms with E-state index >= 15 is 0 Å². The maximum absolute atomic E-state index is 13.9. The summed E-state index contributed by atoms with van der Waals surface area (Å²) in [6, 6.07) is 8.85. The van der Waals surface area contributed by atoms with Crippen molar-refractivity contribution in [3.05, 3.63) is 59.2 Å². The van der Waals surface area contributed by atoms with E-state index in [9.17, 15) is 28.7 Å². The van der Waals surface area contributed by atoms with Gasteiger partial charge in [-0.1, -0.05) is 24.3 Å². The number of cyclic esters (lactones) is 1. The Hall–Kier alpha value is -3.29. The largest absolute Gasteiger partial charge is 0.444 e. The van der Waals surface area contributed by atoms with Crippen LogP contribution >= 0.6 is 0 Å². The predicted molar refractivity (Wildman–Crippen MR) is 134 cm³/mol. The van der Waals surface area contributed by atoms with Crippen LogP contribution in [0.1, 0.15) is 56.1 Å². The molecule has 2 saturated heterocycles. The van der Waals surface area contributed by atoms with Crippen molar-refractivity contribution in [2.75, 3.05) is 19.6 Å². The van der Waals surface area contributed by atoms with E-state index in [4.69, 9.17) is 4.74 Å². The van der Waals surface area contributed by atoms with E-state index in [0.717, 1.165) is 47.8 Å². The molecule has 3 amide bonds. The second kappa shape index (κ2) is 10.5. The molecule has 1 unspecified atom stereocenters. The first-order valence-corrected chi connectivity index (χ1v) is 13.1. The van der Waals surface area contributed by atoms with E-state index in [1.165, 1.54) is 6.08 Å². The Morgan fingerprint density at radius 1 is 1.24 bits per heavy atom. The first kappa shape index (κ1) is 26.3. The Morgan fingerprint density at radius 3 is 2.63 bits per heavy atom. The molecule has 0 radical (unpaired) electrons. The number of amides is 3. The number of benzene rings is 1. The summed E-state index contributed by atoms with van der Waals surface area (Å²) in [5.41, 5.74) is 0.724. The highest BCUT2D eigenvalue weighted by molar-refractivity contribution is 5.93. The van der Waals surface area contributed by atoms with Gasteiger partial charge in [0.2, 0.25) is 0 Å². The van der Waals surface area contributed by atoms with Crippen molar-refractivity contribution in [2.24, 2.45) is 5.92 Å². The number of allylic oxidation sites excluding steroid dienone is 3. The monoisotopic (exact) mass is 526 g/mol. The van der Waals surface area contributed by atoms with Gasteiger partial charge in [-0.3, -0.25) is 4.90 Å². The topological polar surface area (TPSA) is 106 Å². The Morgan fingerprint density at radius 2 is 1.95 bits per heavy atom. The minimum atomic E-state index is -1.12. The maximum atomic E-state index is 13.9. The molecule has 1 aromatic carbocycles. The lowest BCUT2D eigenvalue weighted by molar-refractivity contribution is -0.116. The third-order valence-electron chi connectivity index (χ3n) is 8.38. The SMILES string of the molecule is C[C@@H]1OC(=O)N(C(=O)NCC2(O)CN(C3CCC(c4ccccc4C#N)CC3)C2)[C@H]1C1C=CC(F)=C(F)C1. The molecule has 2 N–H and O–H groups in total. The Balaban J connectivity index is 1.12. The van der Waals surface area contributed by atoms with Crippen molar-refractivity contribution in [1.29, 1.82) is 5.26 Å². The van der Waals surface area contributed by atoms with Crippen molar-refractivity contribution >= 4 is 12.1 Å². The number of imide groups is 1. The summed E-state index contributed by atoms with van der Waals surface area (Å²) in [5.74, 6) is -2.13. The normalized spacial score (nSPS) is 31.0. The molecule has 2 heterocycles. The van der Waals surface area contributed by atoms with Crippen LogP contribution < -0.4 is 5.32 Å². The van der Waals surface area contributed by atoms with E-state index in [1.54, 1.807) is 6.92 Å². The van der Waals surface area contributed by atoms with Crippen molar-refractivity contribution in [3.8, 4) is 6.07 Å². The van der Waals surface area contributed by atoms with E-state index in [1.807, 2.05) is 24.3 Å². The van der Waals surface area contributed by atoms with Crippen LogP contribution in [0.3, 0.4) is 0 Å². The third-order valence-corrected chi connectivity index (χ3v) is 8.38. The predicted octanol–water partition coefficient (Wildman–Crippen LogP) is 4.28. The van der Waals surface area contributed by atoms with Crippen LogP contribution in [0.15, 0.2) is 48.1 Å². The fourth-order valence-electron chi connectivity index (χ4n) is 6.39. The summed E-state index contributed by atoms with van der Waals surface area (Å²) >= 11 is 0. The number of hydrogen-bond donors (Lipinski definition) is 2. The zero-order valence-corrected chi connectivity index (χ0v) is 21.3. The van der Waals surface area contributed by atoms with Crippen molar-refractivity contribution in [1.82, 2.24) is 15.1 Å². The number of β-amino-alcohol motifs (C(OH)–C–C–N with tert-alkyl or cyclic N) is 1. The number of aliphatic hydroxyl groups is 1. The molecule has 5 rings (SSSR count). The summed E-state index contributed by atoms with van der Waals surface area (Å²) in [6.45, 7) is 2.38. The van der Waals surface area contributed by atoms with Gasteiger partial charge in [-0.15, -0.1) is 0 Å². The lowest BCUT2D eigenvalue weighted by Crippen LogP contribution is -2.69.